The summed E-state index contributed by atoms with van der Waals surface area (Å²) in [6, 6.07) is -0.347. The molecule has 0 bridgehead atoms. The van der Waals surface area contributed by atoms with Gasteiger partial charge in [-0.15, -0.1) is 0 Å². The Bertz CT molecular complexity index is 537. The van der Waals surface area contributed by atoms with Gasteiger partial charge in [-0.25, -0.2) is 0 Å². The number of piperazine rings is 1. The number of hydrogen-bond donors (Lipinski definition) is 2. The highest BCUT2D eigenvalue weighted by Crippen LogP contribution is 2.19. The van der Waals surface area contributed by atoms with Gasteiger partial charge in [-0.3, -0.25) is 19.2 Å². The molecule has 1 aliphatic heterocycles. The Morgan fingerprint density at radius 2 is 2.15 bits per heavy atom. The predicted molar refractivity (Wildman–Crippen MR) is 75.4 cm³/mol. The van der Waals surface area contributed by atoms with Gasteiger partial charge in [0.05, 0.1) is 29.7 Å². The van der Waals surface area contributed by atoms with Crippen LogP contribution in [0.25, 0.3) is 0 Å². The quantitative estimate of drug-likeness (QED) is 0.803. The van der Waals surface area contributed by atoms with Gasteiger partial charge in [-0.1, -0.05) is 0 Å². The second-order valence-corrected chi connectivity index (χ2v) is 5.16. The molecule has 2 amide bonds. The summed E-state index contributed by atoms with van der Waals surface area (Å²) >= 11 is 0. The van der Waals surface area contributed by atoms with Gasteiger partial charge in [-0.05, 0) is 20.8 Å². The fourth-order valence-electron chi connectivity index (χ4n) is 2.34. The average Bonchev–Trinajstić information content (AvgIpc) is 2.64. The number of carbonyl (C=O) groups is 2. The zero-order valence-corrected chi connectivity index (χ0v) is 12.4. The number of aromatic nitrogens is 2. The molecule has 7 heteroatoms. The molecule has 0 spiro atoms. The molecule has 0 aliphatic carbocycles. The van der Waals surface area contributed by atoms with E-state index in [1.54, 1.807) is 4.68 Å². The standard InChI is InChI=1S/C13H21N5O2/c1-8-12(9(2)17(4)16-8)15-13(20)10(3)18-6-5-14-11(19)7-18/h10H,5-7H2,1-4H3,(H,14,19)(H,15,20)/t10-/m0/s1. The van der Waals surface area contributed by atoms with Gasteiger partial charge >= 0.3 is 0 Å². The van der Waals surface area contributed by atoms with Gasteiger partial charge in [0.2, 0.25) is 11.8 Å². The van der Waals surface area contributed by atoms with Crippen LogP contribution in [0.4, 0.5) is 5.69 Å². The van der Waals surface area contributed by atoms with Crippen LogP contribution in [0.2, 0.25) is 0 Å². The van der Waals surface area contributed by atoms with E-state index >= 15 is 0 Å². The number of nitrogens with one attached hydrogen (secondary N) is 2. The Hall–Kier alpha value is -1.89. The van der Waals surface area contributed by atoms with E-state index in [-0.39, 0.29) is 24.4 Å². The SMILES string of the molecule is Cc1nn(C)c(C)c1NC(=O)[C@H](C)N1CCNC(=O)C1. The molecule has 1 aromatic heterocycles. The summed E-state index contributed by atoms with van der Waals surface area (Å²) in [5, 5.41) is 9.94. The second kappa shape index (κ2) is 5.62. The Morgan fingerprint density at radius 1 is 1.45 bits per heavy atom. The second-order valence-electron chi connectivity index (χ2n) is 5.16. The number of aryl methyl sites for hydroxylation is 2. The summed E-state index contributed by atoms with van der Waals surface area (Å²) in [5.74, 6) is -0.150. The van der Waals surface area contributed by atoms with E-state index in [4.69, 9.17) is 0 Å². The van der Waals surface area contributed by atoms with E-state index in [0.717, 1.165) is 17.1 Å². The van der Waals surface area contributed by atoms with Gasteiger partial charge in [0.15, 0.2) is 0 Å². The molecular formula is C13H21N5O2. The van der Waals surface area contributed by atoms with Crippen molar-refractivity contribution < 1.29 is 9.59 Å². The lowest BCUT2D eigenvalue weighted by atomic mass is 10.2. The van der Waals surface area contributed by atoms with Crippen molar-refractivity contribution in [1.29, 1.82) is 0 Å². The Balaban J connectivity index is 2.05. The van der Waals surface area contributed by atoms with Crippen molar-refractivity contribution in [2.75, 3.05) is 25.0 Å². The molecule has 0 saturated carbocycles. The smallest absolute Gasteiger partial charge is 0.241 e. The van der Waals surface area contributed by atoms with Crippen LogP contribution in [0.3, 0.4) is 0 Å². The van der Waals surface area contributed by atoms with Crippen LogP contribution in [0.5, 0.6) is 0 Å². The average molecular weight is 279 g/mol. The molecule has 2 rings (SSSR count). The molecule has 1 saturated heterocycles. The van der Waals surface area contributed by atoms with Gasteiger partial charge in [0, 0.05) is 20.1 Å². The Morgan fingerprint density at radius 3 is 2.70 bits per heavy atom. The third-order valence-corrected chi connectivity index (χ3v) is 3.75. The van der Waals surface area contributed by atoms with Crippen molar-refractivity contribution in [3.05, 3.63) is 11.4 Å². The van der Waals surface area contributed by atoms with Gasteiger partial charge in [0.25, 0.3) is 0 Å². The molecule has 0 radical (unpaired) electrons. The molecule has 2 N–H and O–H groups in total. The molecule has 1 aromatic rings. The summed E-state index contributed by atoms with van der Waals surface area (Å²) in [6.45, 7) is 7.12. The summed E-state index contributed by atoms with van der Waals surface area (Å²) in [5.41, 5.74) is 2.46. The molecule has 0 aromatic carbocycles. The lowest BCUT2D eigenvalue weighted by Gasteiger charge is -2.31. The first kappa shape index (κ1) is 14.5. The highest BCUT2D eigenvalue weighted by atomic mass is 16.2. The maximum atomic E-state index is 12.3. The fourth-order valence-corrected chi connectivity index (χ4v) is 2.34. The van der Waals surface area contributed by atoms with Crippen molar-refractivity contribution in [3.63, 3.8) is 0 Å². The molecule has 7 nitrogen and oxygen atoms in total. The maximum Gasteiger partial charge on any atom is 0.241 e. The predicted octanol–water partition coefficient (Wildman–Crippen LogP) is -0.204. The van der Waals surface area contributed by atoms with Crippen LogP contribution in [0, 0.1) is 13.8 Å². The highest BCUT2D eigenvalue weighted by Gasteiger charge is 2.26. The highest BCUT2D eigenvalue weighted by molar-refractivity contribution is 5.96. The van der Waals surface area contributed by atoms with Gasteiger partial charge < -0.3 is 10.6 Å². The summed E-state index contributed by atoms with van der Waals surface area (Å²) < 4.78 is 1.74. The van der Waals surface area contributed by atoms with Crippen LogP contribution in [-0.2, 0) is 16.6 Å². The third-order valence-electron chi connectivity index (χ3n) is 3.75. The van der Waals surface area contributed by atoms with Crippen LogP contribution in [-0.4, -0.2) is 52.2 Å². The minimum absolute atomic E-state index is 0.0374. The van der Waals surface area contributed by atoms with E-state index in [9.17, 15) is 9.59 Å². The first-order valence-electron chi connectivity index (χ1n) is 6.72. The van der Waals surface area contributed by atoms with E-state index in [1.165, 1.54) is 0 Å². The zero-order valence-electron chi connectivity index (χ0n) is 12.4. The molecule has 20 heavy (non-hydrogen) atoms. The van der Waals surface area contributed by atoms with E-state index in [2.05, 4.69) is 15.7 Å². The fraction of sp³-hybridized carbons (Fsp3) is 0.615. The van der Waals surface area contributed by atoms with Crippen LogP contribution in [0.15, 0.2) is 0 Å². The Labute approximate surface area is 118 Å². The van der Waals surface area contributed by atoms with Gasteiger partial charge in [-0.2, -0.15) is 5.10 Å². The van der Waals surface area contributed by atoms with Crippen molar-refractivity contribution in [2.45, 2.75) is 26.8 Å². The largest absolute Gasteiger partial charge is 0.354 e. The minimum atomic E-state index is -0.347. The molecular weight excluding hydrogens is 258 g/mol. The van der Waals surface area contributed by atoms with Crippen molar-refractivity contribution in [2.24, 2.45) is 7.05 Å². The minimum Gasteiger partial charge on any atom is -0.354 e. The van der Waals surface area contributed by atoms with Crippen LogP contribution in [0.1, 0.15) is 18.3 Å². The monoisotopic (exact) mass is 279 g/mol. The topological polar surface area (TPSA) is 79.3 Å². The maximum absolute atomic E-state index is 12.3. The normalized spacial score (nSPS) is 17.7. The number of nitrogens with zero attached hydrogens (tertiary/aromatic N) is 3. The first-order chi connectivity index (χ1) is 9.40. The number of rotatable bonds is 3. The van der Waals surface area contributed by atoms with Crippen molar-refractivity contribution >= 4 is 17.5 Å². The molecule has 1 atom stereocenters. The summed E-state index contributed by atoms with van der Waals surface area (Å²) in [4.78, 5) is 25.6. The lowest BCUT2D eigenvalue weighted by Crippen LogP contribution is -2.53. The third kappa shape index (κ3) is 2.82. The van der Waals surface area contributed by atoms with Crippen molar-refractivity contribution in [3.8, 4) is 0 Å². The first-order valence-corrected chi connectivity index (χ1v) is 6.72. The molecule has 0 unspecified atom stereocenters. The lowest BCUT2D eigenvalue weighted by molar-refractivity contribution is -0.127. The van der Waals surface area contributed by atoms with Gasteiger partial charge in [0.1, 0.15) is 0 Å². The summed E-state index contributed by atoms with van der Waals surface area (Å²) in [7, 11) is 1.84. The van der Waals surface area contributed by atoms with E-state index in [0.29, 0.717) is 13.1 Å². The van der Waals surface area contributed by atoms with Crippen LogP contribution < -0.4 is 10.6 Å². The Kier molecular flexibility index (Phi) is 4.08. The number of amides is 2. The number of carbonyl (C=O) groups excluding carboxylic acids is 2. The molecule has 1 fully saturated rings. The number of anilines is 1. The molecule has 1 aliphatic rings. The number of hydrogen-bond acceptors (Lipinski definition) is 4. The van der Waals surface area contributed by atoms with E-state index < -0.39 is 0 Å². The zero-order chi connectivity index (χ0) is 14.9. The van der Waals surface area contributed by atoms with Crippen molar-refractivity contribution in [1.82, 2.24) is 20.0 Å². The van der Waals surface area contributed by atoms with Crippen LogP contribution >= 0.6 is 0 Å². The van der Waals surface area contributed by atoms with E-state index in [1.807, 2.05) is 32.7 Å². The molecule has 110 valence electrons. The summed E-state index contributed by atoms with van der Waals surface area (Å²) in [6.07, 6.45) is 0. The molecule has 2 heterocycles.